The minimum Gasteiger partial charge on any atom is -0.368 e. The van der Waals surface area contributed by atoms with Crippen LogP contribution in [0.25, 0.3) is 11.4 Å². The van der Waals surface area contributed by atoms with Crippen LogP contribution >= 0.6 is 11.6 Å². The van der Waals surface area contributed by atoms with Gasteiger partial charge < -0.3 is 5.73 Å². The quantitative estimate of drug-likeness (QED) is 0.912. The van der Waals surface area contributed by atoms with Crippen molar-refractivity contribution in [2.45, 2.75) is 38.0 Å². The molecule has 0 spiro atoms. The summed E-state index contributed by atoms with van der Waals surface area (Å²) in [4.78, 5) is 12.9. The van der Waals surface area contributed by atoms with Crippen LogP contribution in [0.1, 0.15) is 43.8 Å². The summed E-state index contributed by atoms with van der Waals surface area (Å²) < 4.78 is 13.2. The lowest BCUT2D eigenvalue weighted by molar-refractivity contribution is 0.428. The molecule has 0 radical (unpaired) electrons. The maximum atomic E-state index is 13.2. The van der Waals surface area contributed by atoms with E-state index in [1.807, 2.05) is 0 Å². The lowest BCUT2D eigenvalue weighted by Crippen LogP contribution is -2.12. The predicted molar refractivity (Wildman–Crippen MR) is 80.5 cm³/mol. The van der Waals surface area contributed by atoms with Gasteiger partial charge in [0.25, 0.3) is 0 Å². The first-order chi connectivity index (χ1) is 10.1. The van der Waals surface area contributed by atoms with Crippen LogP contribution in [0.15, 0.2) is 18.2 Å². The Hall–Kier alpha value is -1.75. The molecule has 1 aliphatic rings. The average Bonchev–Trinajstić information content (AvgIpc) is 2.47. The van der Waals surface area contributed by atoms with Crippen molar-refractivity contribution >= 4 is 17.5 Å². The van der Waals surface area contributed by atoms with Gasteiger partial charge >= 0.3 is 0 Å². The smallest absolute Gasteiger partial charge is 0.223 e. The highest BCUT2D eigenvalue weighted by molar-refractivity contribution is 6.33. The molecular weight excluding hydrogens is 291 g/mol. The predicted octanol–water partition coefficient (Wildman–Crippen LogP) is 3.96. The van der Waals surface area contributed by atoms with E-state index in [-0.39, 0.29) is 11.0 Å². The second-order valence-electron chi connectivity index (χ2n) is 5.33. The highest BCUT2D eigenvalue weighted by Crippen LogP contribution is 2.32. The third-order valence-corrected chi connectivity index (χ3v) is 4.13. The van der Waals surface area contributed by atoms with Crippen molar-refractivity contribution in [1.82, 2.24) is 15.0 Å². The molecule has 2 aromatic rings. The summed E-state index contributed by atoms with van der Waals surface area (Å²) in [7, 11) is 0. The summed E-state index contributed by atoms with van der Waals surface area (Å²) in [6.07, 6.45) is 5.76. The Kier molecular flexibility index (Phi) is 4.01. The van der Waals surface area contributed by atoms with Crippen molar-refractivity contribution in [1.29, 1.82) is 0 Å². The van der Waals surface area contributed by atoms with Crippen molar-refractivity contribution in [2.24, 2.45) is 0 Å². The molecule has 0 aliphatic heterocycles. The Morgan fingerprint density at radius 3 is 2.57 bits per heavy atom. The molecule has 0 amide bonds. The molecule has 1 aliphatic carbocycles. The van der Waals surface area contributed by atoms with Crippen molar-refractivity contribution in [3.63, 3.8) is 0 Å². The first-order valence-electron chi connectivity index (χ1n) is 7.10. The molecule has 0 unspecified atom stereocenters. The van der Waals surface area contributed by atoms with Gasteiger partial charge in [-0.05, 0) is 31.0 Å². The summed E-state index contributed by atoms with van der Waals surface area (Å²) in [6.45, 7) is 0. The molecular formula is C15H16ClFN4. The van der Waals surface area contributed by atoms with Crippen LogP contribution in [0.3, 0.4) is 0 Å². The van der Waals surface area contributed by atoms with E-state index in [1.54, 1.807) is 6.07 Å². The molecule has 0 bridgehead atoms. The molecule has 0 atom stereocenters. The maximum absolute atomic E-state index is 13.2. The number of anilines is 1. The van der Waals surface area contributed by atoms with Gasteiger partial charge in [0.15, 0.2) is 5.82 Å². The molecule has 0 saturated heterocycles. The summed E-state index contributed by atoms with van der Waals surface area (Å²) in [5.41, 5.74) is 6.38. The van der Waals surface area contributed by atoms with Gasteiger partial charge in [-0.2, -0.15) is 9.97 Å². The zero-order chi connectivity index (χ0) is 14.8. The average molecular weight is 307 g/mol. The second kappa shape index (κ2) is 5.93. The van der Waals surface area contributed by atoms with E-state index in [0.29, 0.717) is 17.3 Å². The first-order valence-corrected chi connectivity index (χ1v) is 7.48. The Morgan fingerprint density at radius 2 is 1.86 bits per heavy atom. The highest BCUT2D eigenvalue weighted by Gasteiger charge is 2.20. The van der Waals surface area contributed by atoms with Crippen molar-refractivity contribution in [2.75, 3.05) is 5.73 Å². The lowest BCUT2D eigenvalue weighted by atomic mass is 9.89. The van der Waals surface area contributed by atoms with E-state index in [0.717, 1.165) is 18.7 Å². The molecule has 6 heteroatoms. The fraction of sp³-hybridized carbons (Fsp3) is 0.400. The van der Waals surface area contributed by atoms with Crippen LogP contribution in [0.5, 0.6) is 0 Å². The normalized spacial score (nSPS) is 16.1. The molecule has 110 valence electrons. The van der Waals surface area contributed by atoms with Gasteiger partial charge in [-0.15, -0.1) is 0 Å². The third-order valence-electron chi connectivity index (χ3n) is 3.81. The number of nitrogens with two attached hydrogens (primary N) is 1. The molecule has 1 heterocycles. The largest absolute Gasteiger partial charge is 0.368 e. The Morgan fingerprint density at radius 1 is 1.10 bits per heavy atom. The molecule has 1 fully saturated rings. The first kappa shape index (κ1) is 14.2. The SMILES string of the molecule is Nc1nc(-c2ccc(F)cc2Cl)nc(C2CCCCC2)n1. The maximum Gasteiger partial charge on any atom is 0.223 e. The molecule has 21 heavy (non-hydrogen) atoms. The zero-order valence-electron chi connectivity index (χ0n) is 11.5. The molecule has 1 saturated carbocycles. The van der Waals surface area contributed by atoms with Gasteiger partial charge in [-0.3, -0.25) is 0 Å². The topological polar surface area (TPSA) is 64.7 Å². The van der Waals surface area contributed by atoms with Crippen LogP contribution in [-0.2, 0) is 0 Å². The van der Waals surface area contributed by atoms with Crippen LogP contribution in [0.2, 0.25) is 5.02 Å². The fourth-order valence-electron chi connectivity index (χ4n) is 2.74. The summed E-state index contributed by atoms with van der Waals surface area (Å²) in [5, 5.41) is 0.273. The van der Waals surface area contributed by atoms with Gasteiger partial charge in [-0.1, -0.05) is 30.9 Å². The fourth-order valence-corrected chi connectivity index (χ4v) is 3.00. The number of rotatable bonds is 2. The van der Waals surface area contributed by atoms with Crippen molar-refractivity contribution in [3.05, 3.63) is 34.9 Å². The summed E-state index contributed by atoms with van der Waals surface area (Å²) >= 11 is 6.07. The standard InChI is InChI=1S/C15H16ClFN4/c16-12-8-10(17)6-7-11(12)14-19-13(20-15(18)21-14)9-4-2-1-3-5-9/h6-9H,1-5H2,(H2,18,19,20,21). The molecule has 1 aromatic heterocycles. The van der Waals surface area contributed by atoms with Crippen LogP contribution in [0.4, 0.5) is 10.3 Å². The lowest BCUT2D eigenvalue weighted by Gasteiger charge is -2.20. The number of hydrogen-bond donors (Lipinski definition) is 1. The van der Waals surface area contributed by atoms with Gasteiger partial charge in [0.2, 0.25) is 5.95 Å². The Labute approximate surface area is 127 Å². The minimum absolute atomic E-state index is 0.181. The Bertz CT molecular complexity index is 656. The third kappa shape index (κ3) is 3.13. The summed E-state index contributed by atoms with van der Waals surface area (Å²) in [6, 6.07) is 4.15. The molecule has 3 rings (SSSR count). The van der Waals surface area contributed by atoms with E-state index >= 15 is 0 Å². The molecule has 2 N–H and O–H groups in total. The van der Waals surface area contributed by atoms with Gasteiger partial charge in [0, 0.05) is 11.5 Å². The van der Waals surface area contributed by atoms with E-state index in [4.69, 9.17) is 17.3 Å². The summed E-state index contributed by atoms with van der Waals surface area (Å²) in [5.74, 6) is 1.24. The number of benzene rings is 1. The van der Waals surface area contributed by atoms with Crippen LogP contribution < -0.4 is 5.73 Å². The monoisotopic (exact) mass is 306 g/mol. The van der Waals surface area contributed by atoms with E-state index in [9.17, 15) is 4.39 Å². The number of halogens is 2. The van der Waals surface area contributed by atoms with Gasteiger partial charge in [0.1, 0.15) is 11.6 Å². The van der Waals surface area contributed by atoms with Gasteiger partial charge in [-0.25, -0.2) is 9.37 Å². The highest BCUT2D eigenvalue weighted by atomic mass is 35.5. The van der Waals surface area contributed by atoms with Crippen molar-refractivity contribution < 1.29 is 4.39 Å². The van der Waals surface area contributed by atoms with Crippen LogP contribution in [0, 0.1) is 5.82 Å². The number of nitrogens with zero attached hydrogens (tertiary/aromatic N) is 3. The molecule has 4 nitrogen and oxygen atoms in total. The number of hydrogen-bond acceptors (Lipinski definition) is 4. The van der Waals surface area contributed by atoms with E-state index < -0.39 is 5.82 Å². The Balaban J connectivity index is 2.00. The minimum atomic E-state index is -0.390. The van der Waals surface area contributed by atoms with E-state index in [1.165, 1.54) is 31.4 Å². The van der Waals surface area contributed by atoms with Crippen molar-refractivity contribution in [3.8, 4) is 11.4 Å². The number of nitrogen functional groups attached to an aromatic ring is 1. The van der Waals surface area contributed by atoms with Crippen LogP contribution in [-0.4, -0.2) is 15.0 Å². The van der Waals surface area contributed by atoms with Gasteiger partial charge in [0.05, 0.1) is 5.02 Å². The second-order valence-corrected chi connectivity index (χ2v) is 5.74. The molecule has 1 aromatic carbocycles. The van der Waals surface area contributed by atoms with E-state index in [2.05, 4.69) is 15.0 Å². The zero-order valence-corrected chi connectivity index (χ0v) is 12.3. The number of aromatic nitrogens is 3.